The van der Waals surface area contributed by atoms with E-state index < -0.39 is 0 Å². The molecule has 1 aromatic rings. The van der Waals surface area contributed by atoms with E-state index in [-0.39, 0.29) is 5.84 Å². The van der Waals surface area contributed by atoms with Gasteiger partial charge in [-0.25, -0.2) is 0 Å². The molecular weight excluding hydrogens is 164 g/mol. The average Bonchev–Trinajstić information content (AvgIpc) is 2.75. The van der Waals surface area contributed by atoms with Crippen LogP contribution in [0.4, 0.5) is 0 Å². The number of nitrogen functional groups attached to an aromatic ring is 1. The van der Waals surface area contributed by atoms with E-state index in [1.54, 1.807) is 0 Å². The molecule has 3 N–H and O–H groups in total. The van der Waals surface area contributed by atoms with E-state index in [1.165, 1.54) is 12.8 Å². The Balaban J connectivity index is 2.18. The van der Waals surface area contributed by atoms with Crippen LogP contribution in [0.15, 0.2) is 6.20 Å². The summed E-state index contributed by atoms with van der Waals surface area (Å²) in [5.74, 6) is 0.915. The molecule has 0 radical (unpaired) electrons. The van der Waals surface area contributed by atoms with Crippen LogP contribution in [0, 0.1) is 18.3 Å². The van der Waals surface area contributed by atoms with Gasteiger partial charge >= 0.3 is 0 Å². The molecular formula is C9H14N4. The molecule has 1 aliphatic rings. The third-order valence-corrected chi connectivity index (χ3v) is 2.38. The zero-order valence-corrected chi connectivity index (χ0v) is 7.75. The number of rotatable bonds is 3. The molecule has 0 aromatic carbocycles. The van der Waals surface area contributed by atoms with E-state index in [0.717, 1.165) is 23.7 Å². The molecule has 2 rings (SSSR count). The van der Waals surface area contributed by atoms with Crippen LogP contribution < -0.4 is 5.73 Å². The van der Waals surface area contributed by atoms with Gasteiger partial charge < -0.3 is 5.73 Å². The SMILES string of the molecule is Cc1nn(CC2CC2)cc1C(=N)N. The van der Waals surface area contributed by atoms with Crippen molar-refractivity contribution in [2.24, 2.45) is 11.7 Å². The van der Waals surface area contributed by atoms with Crippen molar-refractivity contribution in [2.45, 2.75) is 26.3 Å². The van der Waals surface area contributed by atoms with Crippen molar-refractivity contribution in [3.8, 4) is 0 Å². The van der Waals surface area contributed by atoms with Crippen LogP contribution in [-0.2, 0) is 6.54 Å². The summed E-state index contributed by atoms with van der Waals surface area (Å²) in [6.45, 7) is 2.87. The van der Waals surface area contributed by atoms with Crippen molar-refractivity contribution < 1.29 is 0 Å². The Morgan fingerprint density at radius 3 is 2.92 bits per heavy atom. The fraction of sp³-hybridized carbons (Fsp3) is 0.556. The molecule has 0 saturated heterocycles. The lowest BCUT2D eigenvalue weighted by Crippen LogP contribution is -2.11. The smallest absolute Gasteiger partial charge is 0.126 e. The van der Waals surface area contributed by atoms with E-state index in [0.29, 0.717) is 0 Å². The largest absolute Gasteiger partial charge is 0.384 e. The highest BCUT2D eigenvalue weighted by Crippen LogP contribution is 2.30. The number of amidine groups is 1. The molecule has 1 heterocycles. The molecule has 1 fully saturated rings. The summed E-state index contributed by atoms with van der Waals surface area (Å²) in [5.41, 5.74) is 7.02. The zero-order chi connectivity index (χ0) is 9.42. The van der Waals surface area contributed by atoms with Gasteiger partial charge in [0.15, 0.2) is 0 Å². The van der Waals surface area contributed by atoms with Crippen LogP contribution in [0.5, 0.6) is 0 Å². The second-order valence-electron chi connectivity index (χ2n) is 3.71. The molecule has 4 nitrogen and oxygen atoms in total. The minimum absolute atomic E-state index is 0.111. The van der Waals surface area contributed by atoms with Gasteiger partial charge in [-0.3, -0.25) is 10.1 Å². The summed E-state index contributed by atoms with van der Waals surface area (Å²) in [7, 11) is 0. The van der Waals surface area contributed by atoms with E-state index >= 15 is 0 Å². The highest BCUT2D eigenvalue weighted by molar-refractivity contribution is 5.95. The molecule has 13 heavy (non-hydrogen) atoms. The number of aryl methyl sites for hydroxylation is 1. The van der Waals surface area contributed by atoms with Crippen molar-refractivity contribution >= 4 is 5.84 Å². The Morgan fingerprint density at radius 2 is 2.46 bits per heavy atom. The normalized spacial score (nSPS) is 16.1. The van der Waals surface area contributed by atoms with Crippen LogP contribution >= 0.6 is 0 Å². The zero-order valence-electron chi connectivity index (χ0n) is 7.75. The second-order valence-corrected chi connectivity index (χ2v) is 3.71. The third kappa shape index (κ3) is 1.71. The first-order valence-corrected chi connectivity index (χ1v) is 4.55. The van der Waals surface area contributed by atoms with Crippen molar-refractivity contribution in [1.82, 2.24) is 9.78 Å². The van der Waals surface area contributed by atoms with E-state index in [9.17, 15) is 0 Å². The summed E-state index contributed by atoms with van der Waals surface area (Å²) in [5, 5.41) is 11.6. The maximum Gasteiger partial charge on any atom is 0.126 e. The van der Waals surface area contributed by atoms with E-state index in [4.69, 9.17) is 11.1 Å². The number of nitrogens with two attached hydrogens (primary N) is 1. The molecule has 70 valence electrons. The molecule has 0 unspecified atom stereocenters. The maximum atomic E-state index is 7.31. The summed E-state index contributed by atoms with van der Waals surface area (Å²) < 4.78 is 1.91. The van der Waals surface area contributed by atoms with Crippen molar-refractivity contribution in [3.05, 3.63) is 17.5 Å². The van der Waals surface area contributed by atoms with Gasteiger partial charge in [0, 0.05) is 12.7 Å². The van der Waals surface area contributed by atoms with Crippen LogP contribution in [-0.4, -0.2) is 15.6 Å². The van der Waals surface area contributed by atoms with Gasteiger partial charge in [-0.1, -0.05) is 0 Å². The fourth-order valence-electron chi connectivity index (χ4n) is 1.44. The van der Waals surface area contributed by atoms with Crippen LogP contribution in [0.25, 0.3) is 0 Å². The lowest BCUT2D eigenvalue weighted by Gasteiger charge is -1.96. The summed E-state index contributed by atoms with van der Waals surface area (Å²) in [4.78, 5) is 0. The van der Waals surface area contributed by atoms with Crippen molar-refractivity contribution in [1.29, 1.82) is 5.41 Å². The number of nitrogens with zero attached hydrogens (tertiary/aromatic N) is 2. The monoisotopic (exact) mass is 178 g/mol. The second kappa shape index (κ2) is 2.87. The standard InChI is InChI=1S/C9H14N4/c1-6-8(9(10)11)5-13(12-6)4-7-2-3-7/h5,7H,2-4H2,1H3,(H3,10,11). The predicted octanol–water partition coefficient (Wildman–Crippen LogP) is 0.886. The minimum atomic E-state index is 0.111. The molecule has 0 bridgehead atoms. The first-order valence-electron chi connectivity index (χ1n) is 4.55. The first-order chi connectivity index (χ1) is 6.16. The van der Waals surface area contributed by atoms with Gasteiger partial charge in [0.2, 0.25) is 0 Å². The molecule has 1 saturated carbocycles. The molecule has 0 spiro atoms. The highest BCUT2D eigenvalue weighted by Gasteiger charge is 2.22. The Morgan fingerprint density at radius 1 is 1.77 bits per heavy atom. The minimum Gasteiger partial charge on any atom is -0.384 e. The lowest BCUT2D eigenvalue weighted by atomic mass is 10.2. The van der Waals surface area contributed by atoms with Gasteiger partial charge in [0.25, 0.3) is 0 Å². The van der Waals surface area contributed by atoms with Crippen LogP contribution in [0.3, 0.4) is 0 Å². The summed E-state index contributed by atoms with van der Waals surface area (Å²) >= 11 is 0. The van der Waals surface area contributed by atoms with Gasteiger partial charge in [-0.15, -0.1) is 0 Å². The molecule has 0 atom stereocenters. The number of hydrogen-bond acceptors (Lipinski definition) is 2. The quantitative estimate of drug-likeness (QED) is 0.533. The molecule has 4 heteroatoms. The number of hydrogen-bond donors (Lipinski definition) is 2. The fourth-order valence-corrected chi connectivity index (χ4v) is 1.44. The molecule has 1 aliphatic carbocycles. The van der Waals surface area contributed by atoms with Gasteiger partial charge in [0.1, 0.15) is 5.84 Å². The van der Waals surface area contributed by atoms with Gasteiger partial charge in [-0.2, -0.15) is 5.10 Å². The number of nitrogens with one attached hydrogen (secondary N) is 1. The van der Waals surface area contributed by atoms with E-state index in [2.05, 4.69) is 5.10 Å². The highest BCUT2D eigenvalue weighted by atomic mass is 15.3. The number of aromatic nitrogens is 2. The lowest BCUT2D eigenvalue weighted by molar-refractivity contribution is 0.559. The molecule has 0 amide bonds. The Labute approximate surface area is 77.2 Å². The summed E-state index contributed by atoms with van der Waals surface area (Å²) in [6, 6.07) is 0. The average molecular weight is 178 g/mol. The maximum absolute atomic E-state index is 7.31. The van der Waals surface area contributed by atoms with Crippen LogP contribution in [0.2, 0.25) is 0 Å². The predicted molar refractivity (Wildman–Crippen MR) is 50.7 cm³/mol. The van der Waals surface area contributed by atoms with Crippen molar-refractivity contribution in [3.63, 3.8) is 0 Å². The van der Waals surface area contributed by atoms with Crippen LogP contribution in [0.1, 0.15) is 24.1 Å². The summed E-state index contributed by atoms with van der Waals surface area (Å²) in [6.07, 6.45) is 4.50. The Hall–Kier alpha value is -1.32. The third-order valence-electron chi connectivity index (χ3n) is 2.38. The van der Waals surface area contributed by atoms with E-state index in [1.807, 2.05) is 17.8 Å². The Bertz CT molecular complexity index is 335. The Kier molecular flexibility index (Phi) is 1.83. The topological polar surface area (TPSA) is 67.7 Å². The van der Waals surface area contributed by atoms with Gasteiger partial charge in [-0.05, 0) is 25.7 Å². The van der Waals surface area contributed by atoms with Crippen molar-refractivity contribution in [2.75, 3.05) is 0 Å². The molecule has 0 aliphatic heterocycles. The van der Waals surface area contributed by atoms with Gasteiger partial charge in [0.05, 0.1) is 11.3 Å². The first kappa shape index (κ1) is 8.29. The molecule has 1 aromatic heterocycles.